The maximum atomic E-state index is 5.40. The summed E-state index contributed by atoms with van der Waals surface area (Å²) in [5.41, 5.74) is 0.671. The highest BCUT2D eigenvalue weighted by molar-refractivity contribution is 4.80. The molecular formula is C13H28N2O. The van der Waals surface area contributed by atoms with E-state index in [2.05, 4.69) is 38.3 Å². The molecule has 1 aliphatic rings. The van der Waals surface area contributed by atoms with Crippen molar-refractivity contribution in [1.29, 1.82) is 0 Å². The second-order valence-corrected chi connectivity index (χ2v) is 6.28. The van der Waals surface area contributed by atoms with Gasteiger partial charge in [0.1, 0.15) is 0 Å². The largest absolute Gasteiger partial charge is 0.381 e. The highest BCUT2D eigenvalue weighted by atomic mass is 16.5. The molecule has 0 aromatic rings. The number of hydrogen-bond acceptors (Lipinski definition) is 3. The third kappa shape index (κ3) is 5.83. The van der Waals surface area contributed by atoms with Gasteiger partial charge in [0.15, 0.2) is 0 Å². The minimum absolute atomic E-state index is 0.226. The van der Waals surface area contributed by atoms with Crippen molar-refractivity contribution in [3.05, 3.63) is 0 Å². The number of hydrogen-bond donors (Lipinski definition) is 2. The van der Waals surface area contributed by atoms with Crippen molar-refractivity contribution < 1.29 is 4.74 Å². The maximum absolute atomic E-state index is 5.40. The average Bonchev–Trinajstić information content (AvgIpc) is 2.16. The van der Waals surface area contributed by atoms with E-state index in [9.17, 15) is 0 Å². The van der Waals surface area contributed by atoms with Gasteiger partial charge >= 0.3 is 0 Å². The minimum atomic E-state index is 0.226. The smallest absolute Gasteiger partial charge is 0.0471 e. The monoisotopic (exact) mass is 228 g/mol. The fraction of sp³-hybridized carbons (Fsp3) is 1.00. The van der Waals surface area contributed by atoms with Gasteiger partial charge in [-0.25, -0.2) is 0 Å². The number of ether oxygens (including phenoxy) is 1. The van der Waals surface area contributed by atoms with Crippen LogP contribution in [-0.4, -0.2) is 38.4 Å². The van der Waals surface area contributed by atoms with Gasteiger partial charge in [-0.05, 0) is 39.0 Å². The van der Waals surface area contributed by atoms with Crippen LogP contribution in [0.4, 0.5) is 0 Å². The van der Waals surface area contributed by atoms with Crippen LogP contribution in [0.25, 0.3) is 0 Å². The van der Waals surface area contributed by atoms with Crippen molar-refractivity contribution >= 4 is 0 Å². The van der Waals surface area contributed by atoms with Gasteiger partial charge in [-0.1, -0.05) is 6.92 Å². The Balaban J connectivity index is 2.06. The van der Waals surface area contributed by atoms with E-state index >= 15 is 0 Å². The molecule has 0 aromatic heterocycles. The number of nitrogens with one attached hydrogen (secondary N) is 2. The molecule has 0 saturated carbocycles. The Morgan fingerprint density at radius 3 is 2.31 bits per heavy atom. The first-order valence-corrected chi connectivity index (χ1v) is 6.45. The van der Waals surface area contributed by atoms with Crippen LogP contribution in [0.15, 0.2) is 0 Å². The van der Waals surface area contributed by atoms with Crippen molar-refractivity contribution in [3.8, 4) is 0 Å². The van der Waals surface area contributed by atoms with Gasteiger partial charge < -0.3 is 15.4 Å². The molecule has 0 radical (unpaired) electrons. The van der Waals surface area contributed by atoms with Gasteiger partial charge in [0.05, 0.1) is 0 Å². The average molecular weight is 228 g/mol. The molecule has 0 aliphatic carbocycles. The third-order valence-electron chi connectivity index (χ3n) is 3.21. The topological polar surface area (TPSA) is 33.3 Å². The lowest BCUT2D eigenvalue weighted by Crippen LogP contribution is -2.43. The molecule has 0 aromatic carbocycles. The summed E-state index contributed by atoms with van der Waals surface area (Å²) in [7, 11) is 0. The molecule has 1 aliphatic heterocycles. The second kappa shape index (κ2) is 5.99. The highest BCUT2D eigenvalue weighted by Crippen LogP contribution is 2.28. The zero-order valence-electron chi connectivity index (χ0n) is 11.4. The quantitative estimate of drug-likeness (QED) is 0.704. The molecule has 3 heteroatoms. The zero-order chi connectivity index (χ0) is 12.1. The zero-order valence-corrected chi connectivity index (χ0v) is 11.4. The SMILES string of the molecule is CC1(CNCCNC(C)(C)C)CCOCC1. The summed E-state index contributed by atoms with van der Waals surface area (Å²) < 4.78 is 5.40. The summed E-state index contributed by atoms with van der Waals surface area (Å²) in [6, 6.07) is 0. The fourth-order valence-electron chi connectivity index (χ4n) is 1.96. The van der Waals surface area contributed by atoms with Gasteiger partial charge in [0.2, 0.25) is 0 Å². The third-order valence-corrected chi connectivity index (χ3v) is 3.21. The van der Waals surface area contributed by atoms with Crippen molar-refractivity contribution in [2.24, 2.45) is 5.41 Å². The first-order chi connectivity index (χ1) is 7.41. The standard InChI is InChI=1S/C13H28N2O/c1-12(2,3)15-8-7-14-11-13(4)5-9-16-10-6-13/h14-15H,5-11H2,1-4H3. The summed E-state index contributed by atoms with van der Waals surface area (Å²) >= 11 is 0. The molecular weight excluding hydrogens is 200 g/mol. The van der Waals surface area contributed by atoms with Crippen LogP contribution in [0.5, 0.6) is 0 Å². The predicted molar refractivity (Wildman–Crippen MR) is 68.8 cm³/mol. The van der Waals surface area contributed by atoms with Crippen molar-refractivity contribution in [3.63, 3.8) is 0 Å². The van der Waals surface area contributed by atoms with E-state index in [1.54, 1.807) is 0 Å². The Labute approximate surface area is 100 Å². The van der Waals surface area contributed by atoms with E-state index in [0.717, 1.165) is 32.8 Å². The Kier molecular flexibility index (Phi) is 5.22. The Hall–Kier alpha value is -0.120. The number of rotatable bonds is 5. The van der Waals surface area contributed by atoms with Crippen molar-refractivity contribution in [2.75, 3.05) is 32.8 Å². The Bertz CT molecular complexity index is 193. The van der Waals surface area contributed by atoms with E-state index in [-0.39, 0.29) is 5.54 Å². The fourth-order valence-corrected chi connectivity index (χ4v) is 1.96. The van der Waals surface area contributed by atoms with Crippen LogP contribution in [0.1, 0.15) is 40.5 Å². The van der Waals surface area contributed by atoms with Crippen LogP contribution in [0, 0.1) is 5.41 Å². The lowest BCUT2D eigenvalue weighted by molar-refractivity contribution is 0.0242. The molecule has 16 heavy (non-hydrogen) atoms. The molecule has 1 heterocycles. The van der Waals surface area contributed by atoms with Crippen LogP contribution in [0.2, 0.25) is 0 Å². The van der Waals surface area contributed by atoms with Crippen LogP contribution in [-0.2, 0) is 4.74 Å². The van der Waals surface area contributed by atoms with Gasteiger partial charge in [0, 0.05) is 38.4 Å². The van der Waals surface area contributed by atoms with Crippen LogP contribution in [0.3, 0.4) is 0 Å². The molecule has 1 saturated heterocycles. The lowest BCUT2D eigenvalue weighted by Gasteiger charge is -2.33. The molecule has 0 atom stereocenters. The molecule has 0 unspecified atom stereocenters. The molecule has 0 spiro atoms. The molecule has 1 fully saturated rings. The van der Waals surface area contributed by atoms with Gasteiger partial charge in [-0.3, -0.25) is 0 Å². The van der Waals surface area contributed by atoms with Crippen LogP contribution >= 0.6 is 0 Å². The normalized spacial score (nSPS) is 21.0. The molecule has 1 rings (SSSR count). The summed E-state index contributed by atoms with van der Waals surface area (Å²) in [5, 5.41) is 7.04. The molecule has 0 bridgehead atoms. The predicted octanol–water partition coefficient (Wildman–Crippen LogP) is 1.78. The first-order valence-electron chi connectivity index (χ1n) is 6.45. The van der Waals surface area contributed by atoms with Gasteiger partial charge in [0.25, 0.3) is 0 Å². The van der Waals surface area contributed by atoms with E-state index in [1.807, 2.05) is 0 Å². The van der Waals surface area contributed by atoms with E-state index in [4.69, 9.17) is 4.74 Å². The van der Waals surface area contributed by atoms with Crippen molar-refractivity contribution in [2.45, 2.75) is 46.1 Å². The highest BCUT2D eigenvalue weighted by Gasteiger charge is 2.26. The summed E-state index contributed by atoms with van der Waals surface area (Å²) in [6.07, 6.45) is 2.37. The molecule has 96 valence electrons. The van der Waals surface area contributed by atoms with Crippen molar-refractivity contribution in [1.82, 2.24) is 10.6 Å². The lowest BCUT2D eigenvalue weighted by atomic mass is 9.82. The van der Waals surface area contributed by atoms with Gasteiger partial charge in [-0.15, -0.1) is 0 Å². The van der Waals surface area contributed by atoms with E-state index < -0.39 is 0 Å². The van der Waals surface area contributed by atoms with Gasteiger partial charge in [-0.2, -0.15) is 0 Å². The summed E-state index contributed by atoms with van der Waals surface area (Å²) in [5.74, 6) is 0. The Morgan fingerprint density at radius 1 is 1.12 bits per heavy atom. The minimum Gasteiger partial charge on any atom is -0.381 e. The molecule has 3 nitrogen and oxygen atoms in total. The van der Waals surface area contributed by atoms with E-state index in [1.165, 1.54) is 12.8 Å². The molecule has 0 amide bonds. The van der Waals surface area contributed by atoms with Crippen LogP contribution < -0.4 is 10.6 Å². The second-order valence-electron chi connectivity index (χ2n) is 6.28. The molecule has 2 N–H and O–H groups in total. The Morgan fingerprint density at radius 2 is 1.75 bits per heavy atom. The summed E-state index contributed by atoms with van der Waals surface area (Å²) in [4.78, 5) is 0. The maximum Gasteiger partial charge on any atom is 0.0471 e. The first kappa shape index (κ1) is 13.9. The van der Waals surface area contributed by atoms with E-state index in [0.29, 0.717) is 5.41 Å². The summed E-state index contributed by atoms with van der Waals surface area (Å²) in [6.45, 7) is 14.0.